The van der Waals surface area contributed by atoms with Gasteiger partial charge >= 0.3 is 0 Å². The van der Waals surface area contributed by atoms with Gasteiger partial charge in [0.25, 0.3) is 5.91 Å². The fourth-order valence-electron chi connectivity index (χ4n) is 1.52. The summed E-state index contributed by atoms with van der Waals surface area (Å²) in [6.07, 6.45) is 0. The summed E-state index contributed by atoms with van der Waals surface area (Å²) in [6.45, 7) is 5.65. The van der Waals surface area contributed by atoms with E-state index in [4.69, 9.17) is 4.84 Å². The van der Waals surface area contributed by atoms with E-state index >= 15 is 0 Å². The van der Waals surface area contributed by atoms with Crippen molar-refractivity contribution in [2.24, 2.45) is 4.99 Å². The number of rotatable bonds is 3. The standard InChI is InChI=1S/C14H18N2O2S/c1-14(2,3)18-16-12(17)11-9-19-13(15-11)10-7-5-4-6-8-10/h4-8,11H,9H2,1-3H3,(H,16,17). The molecule has 1 heterocycles. The molecule has 5 heteroatoms. The molecule has 4 nitrogen and oxygen atoms in total. The first kappa shape index (κ1) is 14.1. The molecule has 1 aromatic carbocycles. The highest BCUT2D eigenvalue weighted by Crippen LogP contribution is 2.23. The van der Waals surface area contributed by atoms with Crippen molar-refractivity contribution < 1.29 is 9.63 Å². The molecule has 2 rings (SSSR count). The minimum Gasteiger partial charge on any atom is -0.270 e. The number of carbonyl (C=O) groups excluding carboxylic acids is 1. The quantitative estimate of drug-likeness (QED) is 0.864. The average Bonchev–Trinajstić information content (AvgIpc) is 2.86. The number of hydrogen-bond acceptors (Lipinski definition) is 4. The zero-order chi connectivity index (χ0) is 13.9. The summed E-state index contributed by atoms with van der Waals surface area (Å²) in [5.41, 5.74) is 3.14. The SMILES string of the molecule is CC(C)(C)ONC(=O)C1CSC(c2ccccc2)=N1. The van der Waals surface area contributed by atoms with Crippen LogP contribution in [0.2, 0.25) is 0 Å². The normalized spacial score (nSPS) is 19.1. The van der Waals surface area contributed by atoms with Gasteiger partial charge in [-0.3, -0.25) is 14.6 Å². The lowest BCUT2D eigenvalue weighted by Gasteiger charge is -2.19. The van der Waals surface area contributed by atoms with Crippen molar-refractivity contribution in [3.05, 3.63) is 35.9 Å². The third-order valence-corrected chi connectivity index (χ3v) is 3.53. The molecule has 0 spiro atoms. The number of hydrogen-bond donors (Lipinski definition) is 1. The van der Waals surface area contributed by atoms with Crippen LogP contribution in [0.5, 0.6) is 0 Å². The molecule has 1 aliphatic heterocycles. The molecule has 0 bridgehead atoms. The second-order valence-electron chi connectivity index (χ2n) is 5.31. The summed E-state index contributed by atoms with van der Waals surface area (Å²) < 4.78 is 0. The third-order valence-electron chi connectivity index (χ3n) is 2.43. The number of benzene rings is 1. The largest absolute Gasteiger partial charge is 0.270 e. The van der Waals surface area contributed by atoms with Gasteiger partial charge in [-0.05, 0) is 20.8 Å². The summed E-state index contributed by atoms with van der Waals surface area (Å²) in [5.74, 6) is 0.470. The van der Waals surface area contributed by atoms with E-state index in [0.29, 0.717) is 5.75 Å². The highest BCUT2D eigenvalue weighted by molar-refractivity contribution is 8.14. The fraction of sp³-hybridized carbons (Fsp3) is 0.429. The molecular formula is C14H18N2O2S. The molecule has 19 heavy (non-hydrogen) atoms. The van der Waals surface area contributed by atoms with Crippen LogP contribution in [0.25, 0.3) is 0 Å². The molecule has 1 aliphatic rings. The minimum absolute atomic E-state index is 0.187. The average molecular weight is 278 g/mol. The van der Waals surface area contributed by atoms with E-state index in [9.17, 15) is 4.79 Å². The van der Waals surface area contributed by atoms with E-state index in [1.54, 1.807) is 11.8 Å². The zero-order valence-electron chi connectivity index (χ0n) is 11.3. The number of carbonyl (C=O) groups is 1. The first-order chi connectivity index (χ1) is 8.96. The maximum Gasteiger partial charge on any atom is 0.269 e. The van der Waals surface area contributed by atoms with E-state index in [0.717, 1.165) is 10.6 Å². The van der Waals surface area contributed by atoms with Crippen molar-refractivity contribution >= 4 is 22.7 Å². The van der Waals surface area contributed by atoms with Gasteiger partial charge in [0.2, 0.25) is 0 Å². The molecule has 0 aromatic heterocycles. The predicted octanol–water partition coefficient (Wildman–Crippen LogP) is 2.39. The van der Waals surface area contributed by atoms with E-state index in [2.05, 4.69) is 10.5 Å². The van der Waals surface area contributed by atoms with Crippen LogP contribution in [-0.2, 0) is 9.63 Å². The van der Waals surface area contributed by atoms with Crippen molar-refractivity contribution in [1.82, 2.24) is 5.48 Å². The van der Waals surface area contributed by atoms with Gasteiger partial charge in [-0.15, -0.1) is 11.8 Å². The zero-order valence-corrected chi connectivity index (χ0v) is 12.2. The van der Waals surface area contributed by atoms with Crippen molar-refractivity contribution in [3.8, 4) is 0 Å². The van der Waals surface area contributed by atoms with Crippen molar-refractivity contribution in [2.75, 3.05) is 5.75 Å². The van der Waals surface area contributed by atoms with Crippen LogP contribution in [0.4, 0.5) is 0 Å². The Hall–Kier alpha value is -1.33. The molecule has 1 unspecified atom stereocenters. The highest BCUT2D eigenvalue weighted by Gasteiger charge is 2.26. The maximum absolute atomic E-state index is 11.9. The van der Waals surface area contributed by atoms with Gasteiger partial charge in [0.05, 0.1) is 10.6 Å². The topological polar surface area (TPSA) is 50.7 Å². The lowest BCUT2D eigenvalue weighted by molar-refractivity contribution is -0.146. The summed E-state index contributed by atoms with van der Waals surface area (Å²) in [6, 6.07) is 9.52. The van der Waals surface area contributed by atoms with Gasteiger partial charge in [-0.1, -0.05) is 30.3 Å². The Labute approximate surface area is 117 Å². The van der Waals surface area contributed by atoms with E-state index in [-0.39, 0.29) is 11.9 Å². The molecule has 0 aliphatic carbocycles. The number of thioether (sulfide) groups is 1. The van der Waals surface area contributed by atoms with Crippen LogP contribution in [0.3, 0.4) is 0 Å². The Kier molecular flexibility index (Phi) is 4.27. The van der Waals surface area contributed by atoms with Crippen molar-refractivity contribution in [1.29, 1.82) is 0 Å². The van der Waals surface area contributed by atoms with Crippen LogP contribution >= 0.6 is 11.8 Å². The van der Waals surface area contributed by atoms with Crippen LogP contribution in [-0.4, -0.2) is 28.3 Å². The summed E-state index contributed by atoms with van der Waals surface area (Å²) in [7, 11) is 0. The van der Waals surface area contributed by atoms with Gasteiger partial charge < -0.3 is 0 Å². The molecule has 102 valence electrons. The molecular weight excluding hydrogens is 260 g/mol. The Morgan fingerprint density at radius 2 is 2.05 bits per heavy atom. The molecule has 0 saturated heterocycles. The molecule has 1 atom stereocenters. The fourth-order valence-corrected chi connectivity index (χ4v) is 2.56. The van der Waals surface area contributed by atoms with E-state index < -0.39 is 5.60 Å². The van der Waals surface area contributed by atoms with Gasteiger partial charge in [0.15, 0.2) is 0 Å². The van der Waals surface area contributed by atoms with Crippen molar-refractivity contribution in [2.45, 2.75) is 32.4 Å². The number of amides is 1. The predicted molar refractivity (Wildman–Crippen MR) is 78.2 cm³/mol. The number of aliphatic imine (C=N–C) groups is 1. The summed E-state index contributed by atoms with van der Waals surface area (Å²) in [4.78, 5) is 21.6. The monoisotopic (exact) mass is 278 g/mol. The van der Waals surface area contributed by atoms with Gasteiger partial charge in [-0.2, -0.15) is 0 Å². The third kappa shape index (κ3) is 4.08. The first-order valence-corrected chi connectivity index (χ1v) is 7.18. The number of nitrogens with zero attached hydrogens (tertiary/aromatic N) is 1. The van der Waals surface area contributed by atoms with E-state index in [1.807, 2.05) is 51.1 Å². The molecule has 1 aromatic rings. The van der Waals surface area contributed by atoms with E-state index in [1.165, 1.54) is 0 Å². The lowest BCUT2D eigenvalue weighted by Crippen LogP contribution is -2.39. The van der Waals surface area contributed by atoms with Crippen molar-refractivity contribution in [3.63, 3.8) is 0 Å². The lowest BCUT2D eigenvalue weighted by atomic mass is 10.2. The Morgan fingerprint density at radius 1 is 1.37 bits per heavy atom. The number of hydroxylamine groups is 1. The molecule has 0 fully saturated rings. The summed E-state index contributed by atoms with van der Waals surface area (Å²) >= 11 is 1.60. The first-order valence-electron chi connectivity index (χ1n) is 6.19. The Morgan fingerprint density at radius 3 is 2.68 bits per heavy atom. The van der Waals surface area contributed by atoms with Crippen LogP contribution < -0.4 is 5.48 Å². The molecule has 0 radical (unpaired) electrons. The van der Waals surface area contributed by atoms with Crippen LogP contribution in [0, 0.1) is 0 Å². The van der Waals surface area contributed by atoms with Gasteiger partial charge in [0, 0.05) is 11.3 Å². The minimum atomic E-state index is -0.395. The second-order valence-corrected chi connectivity index (χ2v) is 6.32. The maximum atomic E-state index is 11.9. The number of nitrogens with one attached hydrogen (secondary N) is 1. The molecule has 1 N–H and O–H groups in total. The Balaban J connectivity index is 1.97. The summed E-state index contributed by atoms with van der Waals surface area (Å²) in [5, 5.41) is 0.913. The Bertz CT molecular complexity index is 480. The molecule has 0 saturated carbocycles. The van der Waals surface area contributed by atoms with Gasteiger partial charge in [-0.25, -0.2) is 5.48 Å². The second kappa shape index (κ2) is 5.75. The van der Waals surface area contributed by atoms with Crippen LogP contribution in [0.15, 0.2) is 35.3 Å². The smallest absolute Gasteiger partial charge is 0.269 e. The highest BCUT2D eigenvalue weighted by atomic mass is 32.2. The molecule has 1 amide bonds. The van der Waals surface area contributed by atoms with Crippen LogP contribution in [0.1, 0.15) is 26.3 Å². The van der Waals surface area contributed by atoms with Gasteiger partial charge in [0.1, 0.15) is 6.04 Å².